The fraction of sp³-hybridized carbons (Fsp3) is 0.375. The van der Waals surface area contributed by atoms with E-state index in [1.807, 2.05) is 6.08 Å². The smallest absolute Gasteiger partial charge is 0.312 e. The molecule has 120 valence electrons. The number of ether oxygens (including phenoxy) is 2. The average Bonchev–Trinajstić information content (AvgIpc) is 3.18. The molecule has 0 aromatic heterocycles. The second-order valence-electron chi connectivity index (χ2n) is 5.95. The van der Waals surface area contributed by atoms with Crippen molar-refractivity contribution in [2.45, 2.75) is 11.7 Å². The molecule has 0 unspecified atom stereocenters. The predicted octanol–water partition coefficient (Wildman–Crippen LogP) is 1.94. The summed E-state index contributed by atoms with van der Waals surface area (Å²) in [4.78, 5) is 26.3. The molecular weight excluding hydrogens is 325 g/mol. The van der Waals surface area contributed by atoms with E-state index in [9.17, 15) is 14.0 Å². The van der Waals surface area contributed by atoms with Gasteiger partial charge in [0.05, 0.1) is 30.7 Å². The van der Waals surface area contributed by atoms with Gasteiger partial charge in [-0.1, -0.05) is 23.8 Å². The number of methoxy groups -OCH3 is 1. The highest BCUT2D eigenvalue weighted by atomic mass is 35.5. The summed E-state index contributed by atoms with van der Waals surface area (Å²) >= 11 is 5.69. The van der Waals surface area contributed by atoms with Gasteiger partial charge in [-0.15, -0.1) is 0 Å². The van der Waals surface area contributed by atoms with Gasteiger partial charge in [0.1, 0.15) is 17.3 Å². The minimum absolute atomic E-state index is 0.0109. The Balaban J connectivity index is 1.73. The Morgan fingerprint density at radius 2 is 2.30 bits per heavy atom. The zero-order valence-corrected chi connectivity index (χ0v) is 12.9. The Labute approximate surface area is 136 Å². The summed E-state index contributed by atoms with van der Waals surface area (Å²) in [7, 11) is 1.29. The van der Waals surface area contributed by atoms with Crippen molar-refractivity contribution >= 4 is 29.2 Å². The van der Waals surface area contributed by atoms with Crippen molar-refractivity contribution in [3.8, 4) is 0 Å². The first-order chi connectivity index (χ1) is 11.0. The molecule has 0 saturated carbocycles. The van der Waals surface area contributed by atoms with Gasteiger partial charge >= 0.3 is 5.97 Å². The minimum atomic E-state index is -0.850. The van der Waals surface area contributed by atoms with E-state index in [0.717, 1.165) is 0 Å². The number of benzene rings is 1. The molecule has 0 N–H and O–H groups in total. The molecule has 2 fully saturated rings. The van der Waals surface area contributed by atoms with Crippen molar-refractivity contribution < 1.29 is 23.5 Å². The summed E-state index contributed by atoms with van der Waals surface area (Å²) in [5, 5.41) is -0.0109. The molecule has 23 heavy (non-hydrogen) atoms. The number of carbonyl (C=O) groups excluding carboxylic acids is 2. The van der Waals surface area contributed by atoms with Crippen LogP contribution in [0.4, 0.5) is 10.1 Å². The van der Waals surface area contributed by atoms with Crippen LogP contribution in [0.2, 0.25) is 5.02 Å². The molecule has 1 aromatic carbocycles. The van der Waals surface area contributed by atoms with Crippen molar-refractivity contribution in [3.63, 3.8) is 0 Å². The third-order valence-corrected chi connectivity index (χ3v) is 5.10. The molecule has 1 aromatic rings. The number of hydrogen-bond donors (Lipinski definition) is 0. The summed E-state index contributed by atoms with van der Waals surface area (Å²) in [6.07, 6.45) is 3.17. The van der Waals surface area contributed by atoms with Crippen molar-refractivity contribution in [1.29, 1.82) is 0 Å². The molecule has 5 nitrogen and oxygen atoms in total. The molecule has 0 aliphatic carbocycles. The first-order valence-electron chi connectivity index (χ1n) is 7.18. The predicted molar refractivity (Wildman–Crippen MR) is 79.5 cm³/mol. The summed E-state index contributed by atoms with van der Waals surface area (Å²) < 4.78 is 24.4. The highest BCUT2D eigenvalue weighted by Gasteiger charge is 2.67. The van der Waals surface area contributed by atoms with Crippen molar-refractivity contribution in [3.05, 3.63) is 41.2 Å². The lowest BCUT2D eigenvalue weighted by Crippen LogP contribution is -2.39. The molecule has 4 rings (SSSR count). The third-order valence-electron chi connectivity index (χ3n) is 4.79. The fourth-order valence-corrected chi connectivity index (χ4v) is 3.89. The topological polar surface area (TPSA) is 55.8 Å². The number of rotatable bonds is 2. The second-order valence-corrected chi connectivity index (χ2v) is 6.35. The van der Waals surface area contributed by atoms with Gasteiger partial charge in [0.2, 0.25) is 5.91 Å². The van der Waals surface area contributed by atoms with Crippen LogP contribution in [0.1, 0.15) is 0 Å². The molecule has 3 heterocycles. The molecular formula is C16H13ClFNO4. The van der Waals surface area contributed by atoms with E-state index in [4.69, 9.17) is 21.1 Å². The molecule has 2 saturated heterocycles. The molecule has 0 radical (unpaired) electrons. The normalized spacial score (nSPS) is 34.1. The van der Waals surface area contributed by atoms with Gasteiger partial charge < -0.3 is 14.4 Å². The third kappa shape index (κ3) is 1.88. The van der Waals surface area contributed by atoms with Gasteiger partial charge in [-0.3, -0.25) is 9.59 Å². The van der Waals surface area contributed by atoms with Gasteiger partial charge in [-0.05, 0) is 18.2 Å². The number of amides is 1. The number of nitrogens with zero attached hydrogens (tertiary/aromatic N) is 1. The van der Waals surface area contributed by atoms with Crippen molar-refractivity contribution in [2.24, 2.45) is 11.8 Å². The van der Waals surface area contributed by atoms with Crippen LogP contribution in [0, 0.1) is 17.7 Å². The van der Waals surface area contributed by atoms with Crippen LogP contribution >= 0.6 is 11.6 Å². The molecule has 2 bridgehead atoms. The van der Waals surface area contributed by atoms with Gasteiger partial charge in [0.15, 0.2) is 0 Å². The van der Waals surface area contributed by atoms with E-state index in [0.29, 0.717) is 5.69 Å². The maximum atomic E-state index is 13.7. The Kier molecular flexibility index (Phi) is 3.05. The van der Waals surface area contributed by atoms with Crippen LogP contribution in [-0.2, 0) is 19.1 Å². The molecule has 1 spiro atoms. The molecule has 4 atom stereocenters. The van der Waals surface area contributed by atoms with Crippen LogP contribution < -0.4 is 4.90 Å². The SMILES string of the molecule is COC(=O)[C@H]1[C@H]2C(=O)N(c3ccc(Cl)c(F)c3)C[C@]23C=C[C@H]1O3. The van der Waals surface area contributed by atoms with E-state index in [1.54, 1.807) is 12.1 Å². The first kappa shape index (κ1) is 14.7. The number of esters is 1. The fourth-order valence-electron chi connectivity index (χ4n) is 3.77. The van der Waals surface area contributed by atoms with Crippen LogP contribution in [0.5, 0.6) is 0 Å². The summed E-state index contributed by atoms with van der Waals surface area (Å²) in [5.74, 6) is -2.65. The molecule has 3 aliphatic heterocycles. The standard InChI is InChI=1S/C16H13ClFNO4/c1-22-15(21)12-11-4-5-16(23-11)7-19(14(20)13(12)16)8-2-3-9(17)10(18)6-8/h2-6,11-13H,7H2,1H3/t11-,12-,13+,16-/m1/s1. The van der Waals surface area contributed by atoms with Gasteiger partial charge in [0, 0.05) is 5.69 Å². The van der Waals surface area contributed by atoms with Crippen molar-refractivity contribution in [2.75, 3.05) is 18.6 Å². The molecule has 3 aliphatic rings. The van der Waals surface area contributed by atoms with Crippen LogP contribution in [-0.4, -0.2) is 37.2 Å². The van der Waals surface area contributed by atoms with Gasteiger partial charge in [0.25, 0.3) is 0 Å². The van der Waals surface area contributed by atoms with E-state index < -0.39 is 35.3 Å². The molecule has 1 amide bonds. The zero-order chi connectivity index (χ0) is 16.4. The van der Waals surface area contributed by atoms with Crippen LogP contribution in [0.25, 0.3) is 0 Å². The number of halogens is 2. The second kappa shape index (κ2) is 4.79. The lowest BCUT2D eigenvalue weighted by atomic mass is 9.77. The van der Waals surface area contributed by atoms with E-state index in [-0.39, 0.29) is 17.5 Å². The lowest BCUT2D eigenvalue weighted by Gasteiger charge is -2.22. The van der Waals surface area contributed by atoms with Gasteiger partial charge in [-0.2, -0.15) is 0 Å². The van der Waals surface area contributed by atoms with E-state index >= 15 is 0 Å². The highest BCUT2D eigenvalue weighted by molar-refractivity contribution is 6.30. The average molecular weight is 338 g/mol. The zero-order valence-electron chi connectivity index (χ0n) is 12.2. The van der Waals surface area contributed by atoms with E-state index in [2.05, 4.69) is 0 Å². The van der Waals surface area contributed by atoms with Crippen LogP contribution in [0.3, 0.4) is 0 Å². The Hall–Kier alpha value is -1.92. The quantitative estimate of drug-likeness (QED) is 0.611. The number of carbonyl (C=O) groups is 2. The monoisotopic (exact) mass is 337 g/mol. The summed E-state index contributed by atoms with van der Waals surface area (Å²) in [6.45, 7) is 0.234. The van der Waals surface area contributed by atoms with E-state index in [1.165, 1.54) is 24.1 Å². The maximum absolute atomic E-state index is 13.7. The Morgan fingerprint density at radius 1 is 1.52 bits per heavy atom. The van der Waals surface area contributed by atoms with Gasteiger partial charge in [-0.25, -0.2) is 4.39 Å². The van der Waals surface area contributed by atoms with Crippen molar-refractivity contribution in [1.82, 2.24) is 0 Å². The first-order valence-corrected chi connectivity index (χ1v) is 7.56. The number of anilines is 1. The summed E-state index contributed by atoms with van der Waals surface area (Å²) in [5.41, 5.74) is -0.457. The Morgan fingerprint density at radius 3 is 3.00 bits per heavy atom. The largest absolute Gasteiger partial charge is 0.469 e. The highest BCUT2D eigenvalue weighted by Crippen LogP contribution is 2.52. The molecule has 7 heteroatoms. The number of hydrogen-bond acceptors (Lipinski definition) is 4. The van der Waals surface area contributed by atoms with Crippen LogP contribution in [0.15, 0.2) is 30.4 Å². The lowest BCUT2D eigenvalue weighted by molar-refractivity contribution is -0.149. The minimum Gasteiger partial charge on any atom is -0.469 e. The Bertz CT molecular complexity index is 752. The maximum Gasteiger partial charge on any atom is 0.312 e. The number of fused-ring (bicyclic) bond motifs is 1. The summed E-state index contributed by atoms with van der Waals surface area (Å²) in [6, 6.07) is 4.18.